The standard InChI is InChI=1S/C16H15N3O2S.ClH/c1-9-10(2)22-16-14(9)15(17-8-18-16)19-11-3-4-12-13(7-11)21-6-5-20-12;/h3-4,7-8H,5-6H2,1-2H3,(H,17,18,19);1H. The molecule has 23 heavy (non-hydrogen) atoms. The van der Waals surface area contributed by atoms with E-state index in [2.05, 4.69) is 29.1 Å². The quantitative estimate of drug-likeness (QED) is 0.749. The van der Waals surface area contributed by atoms with Crippen molar-refractivity contribution in [1.29, 1.82) is 0 Å². The van der Waals surface area contributed by atoms with E-state index in [-0.39, 0.29) is 12.4 Å². The second kappa shape index (κ2) is 6.22. The highest BCUT2D eigenvalue weighted by atomic mass is 35.5. The number of benzene rings is 1. The van der Waals surface area contributed by atoms with Crippen LogP contribution in [0.25, 0.3) is 10.2 Å². The van der Waals surface area contributed by atoms with Gasteiger partial charge in [0.1, 0.15) is 30.2 Å². The summed E-state index contributed by atoms with van der Waals surface area (Å²) in [6.45, 7) is 5.39. The number of rotatable bonds is 2. The molecule has 0 aliphatic carbocycles. The maximum absolute atomic E-state index is 5.62. The Labute approximate surface area is 144 Å². The molecule has 7 heteroatoms. The third-order valence-corrected chi connectivity index (χ3v) is 4.89. The van der Waals surface area contributed by atoms with Gasteiger partial charge in [-0.15, -0.1) is 23.7 Å². The summed E-state index contributed by atoms with van der Waals surface area (Å²) in [5.74, 6) is 2.37. The van der Waals surface area contributed by atoms with Crippen LogP contribution in [0.3, 0.4) is 0 Å². The van der Waals surface area contributed by atoms with Crippen molar-refractivity contribution in [3.8, 4) is 11.5 Å². The van der Waals surface area contributed by atoms with Crippen LogP contribution in [0.2, 0.25) is 0 Å². The Morgan fingerprint density at radius 2 is 1.87 bits per heavy atom. The van der Waals surface area contributed by atoms with Gasteiger partial charge in [0.25, 0.3) is 0 Å². The summed E-state index contributed by atoms with van der Waals surface area (Å²) < 4.78 is 11.2. The molecule has 1 N–H and O–H groups in total. The molecule has 2 aromatic heterocycles. The van der Waals surface area contributed by atoms with Crippen molar-refractivity contribution in [2.75, 3.05) is 18.5 Å². The van der Waals surface area contributed by atoms with Crippen LogP contribution in [0.4, 0.5) is 11.5 Å². The lowest BCUT2D eigenvalue weighted by atomic mass is 10.2. The largest absolute Gasteiger partial charge is 0.486 e. The molecule has 0 bridgehead atoms. The normalized spacial score (nSPS) is 12.8. The summed E-state index contributed by atoms with van der Waals surface area (Å²) in [7, 11) is 0. The zero-order valence-corrected chi connectivity index (χ0v) is 14.4. The Morgan fingerprint density at radius 1 is 1.09 bits per heavy atom. The lowest BCUT2D eigenvalue weighted by molar-refractivity contribution is 0.171. The number of nitrogens with one attached hydrogen (secondary N) is 1. The molecule has 0 radical (unpaired) electrons. The van der Waals surface area contributed by atoms with Crippen LogP contribution in [0, 0.1) is 13.8 Å². The van der Waals surface area contributed by atoms with Gasteiger partial charge in [0, 0.05) is 16.6 Å². The van der Waals surface area contributed by atoms with Gasteiger partial charge in [-0.3, -0.25) is 0 Å². The molecular weight excluding hydrogens is 334 g/mol. The van der Waals surface area contributed by atoms with Gasteiger partial charge in [0.2, 0.25) is 0 Å². The summed E-state index contributed by atoms with van der Waals surface area (Å²) in [6, 6.07) is 5.83. The van der Waals surface area contributed by atoms with Crippen molar-refractivity contribution >= 4 is 45.5 Å². The number of nitrogens with zero attached hydrogens (tertiary/aromatic N) is 2. The predicted octanol–water partition coefficient (Wildman–Crippen LogP) is 4.24. The molecule has 3 heterocycles. The van der Waals surface area contributed by atoms with E-state index >= 15 is 0 Å². The van der Waals surface area contributed by atoms with Crippen molar-refractivity contribution < 1.29 is 9.47 Å². The molecule has 1 aliphatic heterocycles. The molecule has 5 nitrogen and oxygen atoms in total. The average molecular weight is 350 g/mol. The van der Waals surface area contributed by atoms with Crippen molar-refractivity contribution in [3.63, 3.8) is 0 Å². The van der Waals surface area contributed by atoms with Gasteiger partial charge in [0.15, 0.2) is 11.5 Å². The summed E-state index contributed by atoms with van der Waals surface area (Å²) in [4.78, 5) is 11.0. The monoisotopic (exact) mass is 349 g/mol. The van der Waals surface area contributed by atoms with Gasteiger partial charge in [-0.2, -0.15) is 0 Å². The van der Waals surface area contributed by atoms with E-state index in [1.54, 1.807) is 17.7 Å². The van der Waals surface area contributed by atoms with Crippen LogP contribution in [-0.4, -0.2) is 23.2 Å². The lowest BCUT2D eigenvalue weighted by Crippen LogP contribution is -2.15. The highest BCUT2D eigenvalue weighted by molar-refractivity contribution is 7.18. The first-order valence-corrected chi connectivity index (χ1v) is 7.91. The molecular formula is C16H16ClN3O2S. The number of ether oxygens (including phenoxy) is 2. The van der Waals surface area contributed by atoms with Crippen LogP contribution in [0.1, 0.15) is 10.4 Å². The maximum atomic E-state index is 5.62. The van der Waals surface area contributed by atoms with E-state index in [4.69, 9.17) is 9.47 Å². The summed E-state index contributed by atoms with van der Waals surface area (Å²) in [6.07, 6.45) is 1.60. The third-order valence-electron chi connectivity index (χ3n) is 3.77. The van der Waals surface area contributed by atoms with Crippen LogP contribution in [0.5, 0.6) is 11.5 Å². The van der Waals surface area contributed by atoms with E-state index in [0.717, 1.165) is 33.2 Å². The molecule has 0 atom stereocenters. The van der Waals surface area contributed by atoms with Crippen LogP contribution >= 0.6 is 23.7 Å². The Balaban J connectivity index is 0.00000156. The number of aryl methyl sites for hydroxylation is 2. The minimum Gasteiger partial charge on any atom is -0.486 e. The van der Waals surface area contributed by atoms with E-state index in [1.807, 2.05) is 18.2 Å². The molecule has 0 fully saturated rings. The second-order valence-corrected chi connectivity index (χ2v) is 6.37. The van der Waals surface area contributed by atoms with Gasteiger partial charge in [0.05, 0.1) is 5.39 Å². The Morgan fingerprint density at radius 3 is 2.70 bits per heavy atom. The van der Waals surface area contributed by atoms with Crippen LogP contribution < -0.4 is 14.8 Å². The fourth-order valence-corrected chi connectivity index (χ4v) is 3.53. The first-order valence-electron chi connectivity index (χ1n) is 7.10. The van der Waals surface area contributed by atoms with Crippen molar-refractivity contribution in [3.05, 3.63) is 35.0 Å². The highest BCUT2D eigenvalue weighted by Crippen LogP contribution is 2.36. The molecule has 0 spiro atoms. The Hall–Kier alpha value is -2.05. The fraction of sp³-hybridized carbons (Fsp3) is 0.250. The number of fused-ring (bicyclic) bond motifs is 2. The molecule has 0 unspecified atom stereocenters. The number of thiophene rings is 1. The van der Waals surface area contributed by atoms with E-state index in [9.17, 15) is 0 Å². The van der Waals surface area contributed by atoms with Gasteiger partial charge in [-0.25, -0.2) is 9.97 Å². The Bertz CT molecular complexity index is 866. The van der Waals surface area contributed by atoms with E-state index in [1.165, 1.54) is 10.4 Å². The van der Waals surface area contributed by atoms with Crippen molar-refractivity contribution in [2.24, 2.45) is 0 Å². The second-order valence-electron chi connectivity index (χ2n) is 5.17. The van der Waals surface area contributed by atoms with Crippen molar-refractivity contribution in [2.45, 2.75) is 13.8 Å². The van der Waals surface area contributed by atoms with Gasteiger partial charge in [-0.05, 0) is 31.5 Å². The predicted molar refractivity (Wildman–Crippen MR) is 94.9 cm³/mol. The number of aromatic nitrogens is 2. The zero-order chi connectivity index (χ0) is 15.1. The number of anilines is 2. The van der Waals surface area contributed by atoms with Gasteiger partial charge < -0.3 is 14.8 Å². The number of hydrogen-bond donors (Lipinski definition) is 1. The summed E-state index contributed by atoms with van der Waals surface area (Å²) >= 11 is 1.69. The molecule has 4 rings (SSSR count). The summed E-state index contributed by atoms with van der Waals surface area (Å²) in [5.41, 5.74) is 2.15. The first-order chi connectivity index (χ1) is 10.7. The average Bonchev–Trinajstić information content (AvgIpc) is 2.83. The lowest BCUT2D eigenvalue weighted by Gasteiger charge is -2.19. The molecule has 3 aromatic rings. The number of halogens is 1. The van der Waals surface area contributed by atoms with Gasteiger partial charge >= 0.3 is 0 Å². The van der Waals surface area contributed by atoms with Crippen LogP contribution in [-0.2, 0) is 0 Å². The van der Waals surface area contributed by atoms with Crippen molar-refractivity contribution in [1.82, 2.24) is 9.97 Å². The molecule has 0 amide bonds. The molecule has 1 aliphatic rings. The molecule has 0 saturated heterocycles. The van der Waals surface area contributed by atoms with E-state index < -0.39 is 0 Å². The Kier molecular flexibility index (Phi) is 4.28. The fourth-order valence-electron chi connectivity index (χ4n) is 2.54. The third kappa shape index (κ3) is 2.80. The van der Waals surface area contributed by atoms with Crippen LogP contribution in [0.15, 0.2) is 24.5 Å². The highest BCUT2D eigenvalue weighted by Gasteiger charge is 2.14. The molecule has 1 aromatic carbocycles. The first kappa shape index (κ1) is 15.8. The zero-order valence-electron chi connectivity index (χ0n) is 12.8. The topological polar surface area (TPSA) is 56.3 Å². The minimum atomic E-state index is 0. The maximum Gasteiger partial charge on any atom is 0.163 e. The smallest absolute Gasteiger partial charge is 0.163 e. The summed E-state index contributed by atoms with van der Waals surface area (Å²) in [5, 5.41) is 4.45. The van der Waals surface area contributed by atoms with Gasteiger partial charge in [-0.1, -0.05) is 0 Å². The molecule has 120 valence electrons. The number of hydrogen-bond acceptors (Lipinski definition) is 6. The molecule has 0 saturated carbocycles. The minimum absolute atomic E-state index is 0. The van der Waals surface area contributed by atoms with E-state index in [0.29, 0.717) is 13.2 Å². The SMILES string of the molecule is Cc1sc2ncnc(Nc3ccc4c(c3)OCCO4)c2c1C.Cl.